The lowest BCUT2D eigenvalue weighted by Crippen LogP contribution is -2.46. The molecule has 0 amide bonds. The first-order valence-corrected chi connectivity index (χ1v) is 6.45. The zero-order valence-electron chi connectivity index (χ0n) is 11.8. The third kappa shape index (κ3) is 3.19. The largest absolute Gasteiger partial charge is 0.409 e. The Hall–Kier alpha value is -2.42. The molecule has 0 aliphatic carbocycles. The number of oxime groups is 1. The summed E-state index contributed by atoms with van der Waals surface area (Å²) in [7, 11) is 0. The number of nitrogens with two attached hydrogens (primary N) is 1. The minimum atomic E-state index is -0.574. The number of hydrogen-bond donors (Lipinski definition) is 2. The summed E-state index contributed by atoms with van der Waals surface area (Å²) in [4.78, 5) is 16.3. The van der Waals surface area contributed by atoms with E-state index in [1.165, 1.54) is 6.07 Å². The number of nitrogens with zero attached hydrogens (tertiary/aromatic N) is 4. The second-order valence-electron chi connectivity index (χ2n) is 4.97. The van der Waals surface area contributed by atoms with Gasteiger partial charge in [0.25, 0.3) is 5.69 Å². The molecule has 9 heteroatoms. The Morgan fingerprint density at radius 2 is 2.19 bits per heavy atom. The van der Waals surface area contributed by atoms with E-state index in [1.807, 2.05) is 18.7 Å². The second-order valence-corrected chi connectivity index (χ2v) is 4.97. The number of ether oxygens (including phenoxy) is 1. The molecule has 1 aromatic heterocycles. The molecule has 1 aromatic rings. The highest BCUT2D eigenvalue weighted by Gasteiger charge is 2.27. The van der Waals surface area contributed by atoms with Crippen molar-refractivity contribution in [3.63, 3.8) is 0 Å². The van der Waals surface area contributed by atoms with Crippen molar-refractivity contribution < 1.29 is 14.9 Å². The minimum absolute atomic E-state index is 0.00844. The van der Waals surface area contributed by atoms with E-state index in [0.717, 1.165) is 6.20 Å². The zero-order chi connectivity index (χ0) is 15.6. The van der Waals surface area contributed by atoms with Crippen molar-refractivity contribution in [1.82, 2.24) is 4.98 Å². The zero-order valence-corrected chi connectivity index (χ0v) is 11.8. The van der Waals surface area contributed by atoms with Crippen LogP contribution in [0.25, 0.3) is 0 Å². The predicted molar refractivity (Wildman–Crippen MR) is 75.6 cm³/mol. The van der Waals surface area contributed by atoms with Gasteiger partial charge in [-0.1, -0.05) is 5.16 Å². The van der Waals surface area contributed by atoms with E-state index in [2.05, 4.69) is 10.1 Å². The fourth-order valence-electron chi connectivity index (χ4n) is 2.39. The van der Waals surface area contributed by atoms with Crippen LogP contribution in [-0.4, -0.2) is 46.2 Å². The van der Waals surface area contributed by atoms with E-state index in [4.69, 9.17) is 15.7 Å². The normalized spacial score (nSPS) is 23.1. The summed E-state index contributed by atoms with van der Waals surface area (Å²) >= 11 is 0. The molecule has 1 aliphatic rings. The molecule has 0 radical (unpaired) electrons. The van der Waals surface area contributed by atoms with Crippen LogP contribution in [0.5, 0.6) is 0 Å². The maximum atomic E-state index is 10.8. The van der Waals surface area contributed by atoms with Crippen molar-refractivity contribution in [2.75, 3.05) is 18.0 Å². The van der Waals surface area contributed by atoms with Gasteiger partial charge in [0.15, 0.2) is 5.84 Å². The molecule has 0 saturated carbocycles. The number of aromatic nitrogens is 1. The van der Waals surface area contributed by atoms with Crippen molar-refractivity contribution in [1.29, 1.82) is 0 Å². The molecule has 1 fully saturated rings. The quantitative estimate of drug-likeness (QED) is 0.276. The Labute approximate surface area is 121 Å². The highest BCUT2D eigenvalue weighted by atomic mass is 16.6. The van der Waals surface area contributed by atoms with E-state index in [1.54, 1.807) is 0 Å². The molecule has 9 nitrogen and oxygen atoms in total. The molecule has 2 rings (SSSR count). The Bertz CT molecular complexity index is 567. The lowest BCUT2D eigenvalue weighted by atomic mass is 10.1. The van der Waals surface area contributed by atoms with Crippen LogP contribution in [-0.2, 0) is 4.74 Å². The highest BCUT2D eigenvalue weighted by Crippen LogP contribution is 2.25. The van der Waals surface area contributed by atoms with Crippen LogP contribution in [0.15, 0.2) is 17.4 Å². The molecule has 1 saturated heterocycles. The van der Waals surface area contributed by atoms with E-state index in [9.17, 15) is 10.1 Å². The molecule has 2 heterocycles. The number of pyridine rings is 1. The third-order valence-electron chi connectivity index (χ3n) is 3.17. The summed E-state index contributed by atoms with van der Waals surface area (Å²) < 4.78 is 5.64. The fraction of sp³-hybridized carbons (Fsp3) is 0.500. The van der Waals surface area contributed by atoms with Crippen LogP contribution in [0, 0.1) is 10.1 Å². The maximum Gasteiger partial charge on any atom is 0.288 e. The first-order chi connectivity index (χ1) is 9.92. The molecule has 0 unspecified atom stereocenters. The van der Waals surface area contributed by atoms with Gasteiger partial charge in [0.05, 0.1) is 22.7 Å². The van der Waals surface area contributed by atoms with Crippen LogP contribution in [0.3, 0.4) is 0 Å². The van der Waals surface area contributed by atoms with Gasteiger partial charge in [-0.25, -0.2) is 4.98 Å². The lowest BCUT2D eigenvalue weighted by Gasteiger charge is -2.36. The first kappa shape index (κ1) is 15.0. The number of rotatable bonds is 3. The van der Waals surface area contributed by atoms with Crippen LogP contribution < -0.4 is 10.6 Å². The summed E-state index contributed by atoms with van der Waals surface area (Å²) in [5.74, 6) is 0.228. The maximum absolute atomic E-state index is 10.8. The van der Waals surface area contributed by atoms with Gasteiger partial charge < -0.3 is 20.6 Å². The summed E-state index contributed by atoms with van der Waals surface area (Å²) in [6, 6.07) is 1.25. The fourth-order valence-corrected chi connectivity index (χ4v) is 2.39. The van der Waals surface area contributed by atoms with Crippen molar-refractivity contribution >= 4 is 17.3 Å². The van der Waals surface area contributed by atoms with E-state index in [-0.39, 0.29) is 29.3 Å². The molecule has 0 spiro atoms. The highest BCUT2D eigenvalue weighted by molar-refractivity contribution is 6.02. The van der Waals surface area contributed by atoms with Crippen molar-refractivity contribution in [2.45, 2.75) is 26.1 Å². The Morgan fingerprint density at radius 3 is 2.71 bits per heavy atom. The van der Waals surface area contributed by atoms with Gasteiger partial charge in [0, 0.05) is 19.2 Å². The third-order valence-corrected chi connectivity index (χ3v) is 3.17. The summed E-state index contributed by atoms with van der Waals surface area (Å²) in [5.41, 5.74) is 5.64. The molecular formula is C12H17N5O4. The second kappa shape index (κ2) is 5.92. The van der Waals surface area contributed by atoms with Crippen LogP contribution in [0.1, 0.15) is 19.4 Å². The van der Waals surface area contributed by atoms with Crippen LogP contribution in [0.4, 0.5) is 11.5 Å². The van der Waals surface area contributed by atoms with Gasteiger partial charge in [-0.05, 0) is 13.8 Å². The summed E-state index contributed by atoms with van der Waals surface area (Å²) in [5, 5.41) is 22.6. The van der Waals surface area contributed by atoms with Gasteiger partial charge >= 0.3 is 0 Å². The molecule has 3 N–H and O–H groups in total. The minimum Gasteiger partial charge on any atom is -0.409 e. The standard InChI is InChI=1S/C12H17N5O4/c1-7-5-16(6-8(2)21-7)12-10(11(13)15-18)3-9(4-14-12)17(19)20/h3-4,7-8,18H,5-6H2,1-2H3,(H2,13,15)/t7-,8+. The molecule has 0 aromatic carbocycles. The monoisotopic (exact) mass is 295 g/mol. The molecule has 114 valence electrons. The lowest BCUT2D eigenvalue weighted by molar-refractivity contribution is -0.385. The van der Waals surface area contributed by atoms with E-state index < -0.39 is 4.92 Å². The SMILES string of the molecule is C[C@@H]1CN(c2ncc([N+](=O)[O-])cc2C(N)=NO)C[C@H](C)O1. The van der Waals surface area contributed by atoms with Crippen molar-refractivity contribution in [3.05, 3.63) is 27.9 Å². The number of morpholine rings is 1. The van der Waals surface area contributed by atoms with Gasteiger partial charge in [-0.15, -0.1) is 0 Å². The van der Waals surface area contributed by atoms with Gasteiger partial charge in [0.1, 0.15) is 12.0 Å². The number of hydrogen-bond acceptors (Lipinski definition) is 7. The average molecular weight is 295 g/mol. The number of anilines is 1. The number of nitro groups is 1. The number of amidine groups is 1. The topological polar surface area (TPSA) is 127 Å². The summed E-state index contributed by atoms with van der Waals surface area (Å²) in [6.45, 7) is 5.00. The Kier molecular flexibility index (Phi) is 4.22. The summed E-state index contributed by atoms with van der Waals surface area (Å²) in [6.07, 6.45) is 1.14. The predicted octanol–water partition coefficient (Wildman–Crippen LogP) is 0.698. The van der Waals surface area contributed by atoms with E-state index >= 15 is 0 Å². The van der Waals surface area contributed by atoms with E-state index in [0.29, 0.717) is 18.9 Å². The first-order valence-electron chi connectivity index (χ1n) is 6.45. The van der Waals surface area contributed by atoms with Gasteiger partial charge in [-0.2, -0.15) is 0 Å². The molecule has 0 bridgehead atoms. The van der Waals surface area contributed by atoms with Crippen molar-refractivity contribution in [3.8, 4) is 0 Å². The van der Waals surface area contributed by atoms with Crippen LogP contribution in [0.2, 0.25) is 0 Å². The molecule has 21 heavy (non-hydrogen) atoms. The van der Waals surface area contributed by atoms with Gasteiger partial charge in [-0.3, -0.25) is 10.1 Å². The smallest absolute Gasteiger partial charge is 0.288 e. The van der Waals surface area contributed by atoms with Gasteiger partial charge in [0.2, 0.25) is 0 Å². The Morgan fingerprint density at radius 1 is 1.57 bits per heavy atom. The molecular weight excluding hydrogens is 278 g/mol. The molecule has 1 aliphatic heterocycles. The average Bonchev–Trinajstić information content (AvgIpc) is 2.44. The Balaban J connectivity index is 2.44. The molecule has 2 atom stereocenters. The van der Waals surface area contributed by atoms with Crippen molar-refractivity contribution in [2.24, 2.45) is 10.9 Å². The van der Waals surface area contributed by atoms with Crippen LogP contribution >= 0.6 is 0 Å².